The maximum Gasteiger partial charge on any atom is 0.211 e. The molecule has 0 radical (unpaired) electrons. The summed E-state index contributed by atoms with van der Waals surface area (Å²) in [7, 11) is 0. The van der Waals surface area contributed by atoms with E-state index in [2.05, 4.69) is 0 Å². The highest BCUT2D eigenvalue weighted by atomic mass is 16.3. The van der Waals surface area contributed by atoms with Crippen molar-refractivity contribution in [1.29, 1.82) is 5.41 Å². The van der Waals surface area contributed by atoms with Gasteiger partial charge in [0.05, 0.1) is 0 Å². The number of hydrogen-bond acceptors (Lipinski definition) is 3. The second kappa shape index (κ2) is 3.28. The van der Waals surface area contributed by atoms with E-state index in [1.807, 2.05) is 24.3 Å². The van der Waals surface area contributed by atoms with Crippen LogP contribution in [0.2, 0.25) is 0 Å². The number of nitrogens with one attached hydrogen (secondary N) is 1. The Labute approximate surface area is 97.5 Å². The maximum absolute atomic E-state index is 11.8. The Balaban J connectivity index is 2.45. The number of Topliss-reactive ketones (excluding diaryl/α,β-unsaturated/α-hetero) is 1. The molecule has 0 unspecified atom stereocenters. The molecule has 0 saturated heterocycles. The summed E-state index contributed by atoms with van der Waals surface area (Å²) in [5.74, 6) is -0.237. The van der Waals surface area contributed by atoms with Crippen LogP contribution in [-0.4, -0.2) is 16.6 Å². The fourth-order valence-corrected chi connectivity index (χ4v) is 2.09. The van der Waals surface area contributed by atoms with Crippen LogP contribution in [0.5, 0.6) is 5.75 Å². The number of carbonyl (C=O) groups excluding carboxylic acids is 1. The summed E-state index contributed by atoms with van der Waals surface area (Å²) in [6.07, 6.45) is 3.03. The van der Waals surface area contributed by atoms with Gasteiger partial charge < -0.3 is 5.11 Å². The molecule has 3 heteroatoms. The topological polar surface area (TPSA) is 61.1 Å². The number of carbonyl (C=O) groups is 1. The average molecular weight is 223 g/mol. The highest BCUT2D eigenvalue weighted by Gasteiger charge is 2.21. The molecule has 0 aliphatic heterocycles. The number of phenols is 1. The number of benzene rings is 2. The molecular formula is C14H9NO2. The van der Waals surface area contributed by atoms with Gasteiger partial charge in [0.2, 0.25) is 5.78 Å². The zero-order valence-corrected chi connectivity index (χ0v) is 8.90. The Bertz CT molecular complexity index is 699. The lowest BCUT2D eigenvalue weighted by atomic mass is 9.91. The fraction of sp³-hybridized carbons (Fsp3) is 0. The Morgan fingerprint density at radius 1 is 1.12 bits per heavy atom. The summed E-state index contributed by atoms with van der Waals surface area (Å²) < 4.78 is 0. The Morgan fingerprint density at radius 3 is 2.71 bits per heavy atom. The van der Waals surface area contributed by atoms with Gasteiger partial charge in [-0.25, -0.2) is 0 Å². The molecule has 1 aliphatic rings. The smallest absolute Gasteiger partial charge is 0.211 e. The van der Waals surface area contributed by atoms with E-state index in [1.165, 1.54) is 6.08 Å². The molecule has 0 fully saturated rings. The minimum absolute atomic E-state index is 0.0489. The van der Waals surface area contributed by atoms with Crippen molar-refractivity contribution in [1.82, 2.24) is 0 Å². The molecule has 0 amide bonds. The van der Waals surface area contributed by atoms with E-state index in [0.717, 1.165) is 10.8 Å². The number of phenolic OH excluding ortho intramolecular Hbond substituents is 1. The molecule has 3 rings (SSSR count). The molecule has 3 nitrogen and oxygen atoms in total. The summed E-state index contributed by atoms with van der Waals surface area (Å²) in [4.78, 5) is 11.8. The molecular weight excluding hydrogens is 214 g/mol. The van der Waals surface area contributed by atoms with E-state index in [-0.39, 0.29) is 17.2 Å². The standard InChI is InChI=1S/C14H9NO2/c15-12-6-5-10-11(14(12)17)7-8-3-1-2-4-9(8)13(10)16/h1-7,15-16H. The van der Waals surface area contributed by atoms with Gasteiger partial charge in [0.25, 0.3) is 0 Å². The first-order valence-electron chi connectivity index (χ1n) is 5.24. The third-order valence-electron chi connectivity index (χ3n) is 2.97. The normalized spacial score (nSPS) is 14.1. The van der Waals surface area contributed by atoms with Crippen LogP contribution in [0.4, 0.5) is 0 Å². The number of hydrogen-bond donors (Lipinski definition) is 2. The maximum atomic E-state index is 11.8. The van der Waals surface area contributed by atoms with Crippen molar-refractivity contribution in [2.45, 2.75) is 0 Å². The van der Waals surface area contributed by atoms with E-state index in [9.17, 15) is 9.90 Å². The third-order valence-corrected chi connectivity index (χ3v) is 2.97. The van der Waals surface area contributed by atoms with Crippen molar-refractivity contribution < 1.29 is 9.90 Å². The molecule has 82 valence electrons. The summed E-state index contributed by atoms with van der Waals surface area (Å²) in [5.41, 5.74) is 0.852. The Morgan fingerprint density at radius 2 is 1.88 bits per heavy atom. The van der Waals surface area contributed by atoms with Crippen LogP contribution in [0.1, 0.15) is 15.9 Å². The van der Waals surface area contributed by atoms with Gasteiger partial charge in [-0.1, -0.05) is 24.3 Å². The van der Waals surface area contributed by atoms with Crippen molar-refractivity contribution in [3.63, 3.8) is 0 Å². The van der Waals surface area contributed by atoms with Crippen LogP contribution in [-0.2, 0) is 0 Å². The quantitative estimate of drug-likeness (QED) is 0.721. The summed E-state index contributed by atoms with van der Waals surface area (Å²) in [6, 6.07) is 9.06. The van der Waals surface area contributed by atoms with Gasteiger partial charge in [-0.15, -0.1) is 0 Å². The molecule has 2 N–H and O–H groups in total. The average Bonchev–Trinajstić information content (AvgIpc) is 2.35. The van der Waals surface area contributed by atoms with Gasteiger partial charge in [-0.3, -0.25) is 10.2 Å². The van der Waals surface area contributed by atoms with Crippen LogP contribution >= 0.6 is 0 Å². The van der Waals surface area contributed by atoms with Gasteiger partial charge in [0.1, 0.15) is 11.5 Å². The van der Waals surface area contributed by atoms with Crippen LogP contribution in [0.25, 0.3) is 16.8 Å². The lowest BCUT2D eigenvalue weighted by molar-refractivity contribution is 0.106. The number of fused-ring (bicyclic) bond motifs is 2. The fourth-order valence-electron chi connectivity index (χ4n) is 2.09. The van der Waals surface area contributed by atoms with Crippen molar-refractivity contribution in [3.05, 3.63) is 47.5 Å². The van der Waals surface area contributed by atoms with E-state index < -0.39 is 0 Å². The first-order valence-corrected chi connectivity index (χ1v) is 5.24. The van der Waals surface area contributed by atoms with Crippen LogP contribution < -0.4 is 0 Å². The molecule has 0 saturated carbocycles. The summed E-state index contributed by atoms with van der Waals surface area (Å²) in [6.45, 7) is 0. The second-order valence-electron chi connectivity index (χ2n) is 3.98. The number of aromatic hydroxyl groups is 1. The number of ketones is 1. The van der Waals surface area contributed by atoms with Gasteiger partial charge in [0, 0.05) is 16.5 Å². The van der Waals surface area contributed by atoms with Gasteiger partial charge in [-0.05, 0) is 23.6 Å². The highest BCUT2D eigenvalue weighted by Crippen LogP contribution is 2.34. The Hall–Kier alpha value is -2.42. The molecule has 0 spiro atoms. The van der Waals surface area contributed by atoms with E-state index in [0.29, 0.717) is 11.1 Å². The number of rotatable bonds is 0. The molecule has 17 heavy (non-hydrogen) atoms. The molecule has 1 aliphatic carbocycles. The van der Waals surface area contributed by atoms with Gasteiger partial charge in [-0.2, -0.15) is 0 Å². The zero-order chi connectivity index (χ0) is 12.0. The molecule has 0 aromatic heterocycles. The van der Waals surface area contributed by atoms with E-state index in [1.54, 1.807) is 12.1 Å². The Kier molecular flexibility index (Phi) is 1.89. The van der Waals surface area contributed by atoms with Crippen molar-refractivity contribution >= 4 is 28.3 Å². The van der Waals surface area contributed by atoms with Gasteiger partial charge >= 0.3 is 0 Å². The third kappa shape index (κ3) is 1.29. The lowest BCUT2D eigenvalue weighted by Gasteiger charge is -2.13. The molecule has 2 aromatic rings. The molecule has 0 bridgehead atoms. The van der Waals surface area contributed by atoms with Crippen LogP contribution in [0.15, 0.2) is 36.4 Å². The molecule has 0 heterocycles. The van der Waals surface area contributed by atoms with Crippen LogP contribution in [0.3, 0.4) is 0 Å². The van der Waals surface area contributed by atoms with E-state index >= 15 is 0 Å². The first kappa shape index (κ1) is 9.78. The lowest BCUT2D eigenvalue weighted by Crippen LogP contribution is -2.15. The minimum atomic E-state index is -0.344. The predicted molar refractivity (Wildman–Crippen MR) is 66.7 cm³/mol. The highest BCUT2D eigenvalue weighted by molar-refractivity contribution is 6.51. The van der Waals surface area contributed by atoms with Crippen molar-refractivity contribution in [2.24, 2.45) is 0 Å². The van der Waals surface area contributed by atoms with Crippen molar-refractivity contribution in [2.75, 3.05) is 0 Å². The van der Waals surface area contributed by atoms with E-state index in [4.69, 9.17) is 5.41 Å². The monoisotopic (exact) mass is 223 g/mol. The predicted octanol–water partition coefficient (Wildman–Crippen LogP) is 2.77. The SMILES string of the molecule is N=C1C=Cc2c(cc3ccccc3c2O)C1=O. The largest absolute Gasteiger partial charge is 0.507 e. The summed E-state index contributed by atoms with van der Waals surface area (Å²) in [5, 5.41) is 19.1. The second-order valence-corrected chi connectivity index (χ2v) is 3.98. The van der Waals surface area contributed by atoms with Crippen LogP contribution in [0, 0.1) is 5.41 Å². The first-order chi connectivity index (χ1) is 8.18. The zero-order valence-electron chi connectivity index (χ0n) is 8.90. The summed E-state index contributed by atoms with van der Waals surface area (Å²) >= 11 is 0. The number of allylic oxidation sites excluding steroid dienone is 1. The minimum Gasteiger partial charge on any atom is -0.507 e. The molecule has 0 atom stereocenters. The van der Waals surface area contributed by atoms with Gasteiger partial charge in [0.15, 0.2) is 0 Å². The van der Waals surface area contributed by atoms with Crippen molar-refractivity contribution in [3.8, 4) is 5.75 Å². The molecule has 2 aromatic carbocycles.